The molecule has 0 saturated heterocycles. The van der Waals surface area contributed by atoms with Gasteiger partial charge < -0.3 is 0 Å². The van der Waals surface area contributed by atoms with Crippen LogP contribution in [-0.2, 0) is 5.41 Å². The lowest BCUT2D eigenvalue weighted by atomic mass is 9.95. The molecule has 0 bridgehead atoms. The van der Waals surface area contributed by atoms with Crippen molar-refractivity contribution in [3.8, 4) is 11.3 Å². The Hall–Kier alpha value is -1.62. The van der Waals surface area contributed by atoms with E-state index in [4.69, 9.17) is 11.6 Å². The third-order valence-electron chi connectivity index (χ3n) is 2.65. The highest BCUT2D eigenvalue weighted by Gasteiger charge is 2.21. The van der Waals surface area contributed by atoms with E-state index >= 15 is 0 Å². The van der Waals surface area contributed by atoms with Gasteiger partial charge in [0.15, 0.2) is 11.6 Å². The molecular weight excluding hydrogens is 289 g/mol. The number of rotatable bonds is 1. The summed E-state index contributed by atoms with van der Waals surface area (Å²) in [5.74, 6) is -2.90. The first-order chi connectivity index (χ1) is 9.18. The molecule has 106 valence electrons. The molecule has 2 aromatic rings. The van der Waals surface area contributed by atoms with E-state index in [-0.39, 0.29) is 16.4 Å². The van der Waals surface area contributed by atoms with Crippen molar-refractivity contribution in [2.45, 2.75) is 26.2 Å². The van der Waals surface area contributed by atoms with Crippen LogP contribution in [0.15, 0.2) is 18.2 Å². The van der Waals surface area contributed by atoms with Gasteiger partial charge in [0.05, 0.1) is 5.69 Å². The third-order valence-corrected chi connectivity index (χ3v) is 2.85. The van der Waals surface area contributed by atoms with Gasteiger partial charge in [-0.3, -0.25) is 0 Å². The highest BCUT2D eigenvalue weighted by Crippen LogP contribution is 2.28. The Bertz CT molecular complexity index is 666. The van der Waals surface area contributed by atoms with E-state index in [1.165, 1.54) is 6.07 Å². The number of hydrogen-bond acceptors (Lipinski definition) is 2. The van der Waals surface area contributed by atoms with Crippen molar-refractivity contribution in [2.24, 2.45) is 0 Å². The molecule has 0 N–H and O–H groups in total. The van der Waals surface area contributed by atoms with Gasteiger partial charge in [0.2, 0.25) is 0 Å². The smallest absolute Gasteiger partial charge is 0.161 e. The van der Waals surface area contributed by atoms with Crippen LogP contribution in [0, 0.1) is 17.5 Å². The number of hydrogen-bond donors (Lipinski definition) is 0. The Morgan fingerprint density at radius 3 is 2.10 bits per heavy atom. The van der Waals surface area contributed by atoms with Crippen LogP contribution in [0.25, 0.3) is 11.3 Å². The van der Waals surface area contributed by atoms with Crippen molar-refractivity contribution in [3.05, 3.63) is 46.6 Å². The summed E-state index contributed by atoms with van der Waals surface area (Å²) in [4.78, 5) is 8.25. The minimum atomic E-state index is -1.25. The average molecular weight is 301 g/mol. The minimum absolute atomic E-state index is 0.115. The maximum absolute atomic E-state index is 13.8. The van der Waals surface area contributed by atoms with Crippen LogP contribution in [0.1, 0.15) is 26.6 Å². The standard InChI is InChI=1S/C14H12ClF3N2/c1-14(2,3)13-19-11(6-12(15)20-13)7-4-9(17)10(18)5-8(7)16/h4-6H,1-3H3. The predicted octanol–water partition coefficient (Wildman–Crippen LogP) is 4.51. The summed E-state index contributed by atoms with van der Waals surface area (Å²) in [6, 6.07) is 2.56. The first-order valence-electron chi connectivity index (χ1n) is 5.88. The summed E-state index contributed by atoms with van der Waals surface area (Å²) in [5.41, 5.74) is -0.445. The first kappa shape index (κ1) is 14.8. The van der Waals surface area contributed by atoms with E-state index in [9.17, 15) is 13.2 Å². The first-order valence-corrected chi connectivity index (χ1v) is 6.26. The molecule has 0 saturated carbocycles. The van der Waals surface area contributed by atoms with Crippen LogP contribution in [0.2, 0.25) is 5.15 Å². The fourth-order valence-electron chi connectivity index (χ4n) is 1.61. The summed E-state index contributed by atoms with van der Waals surface area (Å²) in [6.45, 7) is 5.60. The molecule has 0 spiro atoms. The molecule has 20 heavy (non-hydrogen) atoms. The van der Waals surface area contributed by atoms with Crippen LogP contribution in [0.4, 0.5) is 13.2 Å². The molecule has 0 radical (unpaired) electrons. The molecule has 0 amide bonds. The van der Waals surface area contributed by atoms with Gasteiger partial charge in [-0.2, -0.15) is 0 Å². The van der Waals surface area contributed by atoms with E-state index < -0.39 is 22.9 Å². The van der Waals surface area contributed by atoms with Gasteiger partial charge >= 0.3 is 0 Å². The zero-order chi connectivity index (χ0) is 15.1. The zero-order valence-corrected chi connectivity index (χ0v) is 11.9. The van der Waals surface area contributed by atoms with Gasteiger partial charge in [-0.15, -0.1) is 0 Å². The lowest BCUT2D eigenvalue weighted by Gasteiger charge is -2.17. The fourth-order valence-corrected chi connectivity index (χ4v) is 1.79. The van der Waals surface area contributed by atoms with E-state index in [0.29, 0.717) is 11.9 Å². The van der Waals surface area contributed by atoms with Gasteiger partial charge in [-0.05, 0) is 6.07 Å². The molecule has 0 aliphatic rings. The van der Waals surface area contributed by atoms with Crippen LogP contribution in [0.3, 0.4) is 0 Å². The highest BCUT2D eigenvalue weighted by molar-refractivity contribution is 6.29. The average Bonchev–Trinajstić information content (AvgIpc) is 2.32. The molecule has 1 aromatic heterocycles. The Balaban J connectivity index is 2.64. The minimum Gasteiger partial charge on any atom is -0.232 e. The maximum Gasteiger partial charge on any atom is 0.161 e. The molecule has 0 aliphatic heterocycles. The SMILES string of the molecule is CC(C)(C)c1nc(Cl)cc(-c2cc(F)c(F)cc2F)n1. The largest absolute Gasteiger partial charge is 0.232 e. The molecule has 1 heterocycles. The fraction of sp³-hybridized carbons (Fsp3) is 0.286. The molecule has 0 atom stereocenters. The quantitative estimate of drug-likeness (QED) is 0.572. The van der Waals surface area contributed by atoms with Crippen molar-refractivity contribution in [1.29, 1.82) is 0 Å². The van der Waals surface area contributed by atoms with Crippen LogP contribution in [-0.4, -0.2) is 9.97 Å². The number of nitrogens with zero attached hydrogens (tertiary/aromatic N) is 2. The maximum atomic E-state index is 13.8. The lowest BCUT2D eigenvalue weighted by Crippen LogP contribution is -2.16. The molecule has 0 fully saturated rings. The number of halogens is 4. The summed E-state index contributed by atoms with van der Waals surface area (Å²) in [6.07, 6.45) is 0. The Kier molecular flexibility index (Phi) is 3.73. The van der Waals surface area contributed by atoms with Crippen LogP contribution >= 0.6 is 11.6 Å². The van der Waals surface area contributed by atoms with Crippen molar-refractivity contribution in [3.63, 3.8) is 0 Å². The normalized spacial score (nSPS) is 11.8. The molecule has 1 aromatic carbocycles. The van der Waals surface area contributed by atoms with Gasteiger partial charge in [-0.1, -0.05) is 32.4 Å². The Morgan fingerprint density at radius 1 is 0.900 bits per heavy atom. The van der Waals surface area contributed by atoms with Gasteiger partial charge in [0.1, 0.15) is 16.8 Å². The monoisotopic (exact) mass is 300 g/mol. The van der Waals surface area contributed by atoms with Gasteiger partial charge in [0, 0.05) is 23.1 Å². The summed E-state index contributed by atoms with van der Waals surface area (Å²) in [5, 5.41) is 0.115. The summed E-state index contributed by atoms with van der Waals surface area (Å²) in [7, 11) is 0. The number of benzene rings is 1. The zero-order valence-electron chi connectivity index (χ0n) is 11.1. The van der Waals surface area contributed by atoms with E-state index in [0.717, 1.165) is 6.07 Å². The molecule has 2 nitrogen and oxygen atoms in total. The second-order valence-corrected chi connectivity index (χ2v) is 5.78. The molecule has 0 aliphatic carbocycles. The van der Waals surface area contributed by atoms with Crippen molar-refractivity contribution in [1.82, 2.24) is 9.97 Å². The third kappa shape index (κ3) is 2.93. The summed E-state index contributed by atoms with van der Waals surface area (Å²) >= 11 is 5.89. The summed E-state index contributed by atoms with van der Waals surface area (Å²) < 4.78 is 40.0. The molecular formula is C14H12ClF3N2. The Labute approximate surface area is 119 Å². The second kappa shape index (κ2) is 5.05. The van der Waals surface area contributed by atoms with Crippen molar-refractivity contribution in [2.75, 3.05) is 0 Å². The Morgan fingerprint density at radius 2 is 1.50 bits per heavy atom. The van der Waals surface area contributed by atoms with Crippen molar-refractivity contribution >= 4 is 11.6 Å². The topological polar surface area (TPSA) is 25.8 Å². The van der Waals surface area contributed by atoms with E-state index in [1.807, 2.05) is 20.8 Å². The molecule has 2 rings (SSSR count). The lowest BCUT2D eigenvalue weighted by molar-refractivity contribution is 0.495. The van der Waals surface area contributed by atoms with Gasteiger partial charge in [0.25, 0.3) is 0 Å². The number of aromatic nitrogens is 2. The van der Waals surface area contributed by atoms with Gasteiger partial charge in [-0.25, -0.2) is 23.1 Å². The van der Waals surface area contributed by atoms with Crippen molar-refractivity contribution < 1.29 is 13.2 Å². The predicted molar refractivity (Wildman–Crippen MR) is 71.1 cm³/mol. The second-order valence-electron chi connectivity index (χ2n) is 5.40. The van der Waals surface area contributed by atoms with Crippen LogP contribution < -0.4 is 0 Å². The molecule has 0 unspecified atom stereocenters. The van der Waals surface area contributed by atoms with E-state index in [2.05, 4.69) is 9.97 Å². The van der Waals surface area contributed by atoms with Crippen LogP contribution in [0.5, 0.6) is 0 Å². The molecule has 6 heteroatoms. The highest BCUT2D eigenvalue weighted by atomic mass is 35.5. The van der Waals surface area contributed by atoms with E-state index in [1.54, 1.807) is 0 Å².